The zero-order valence-electron chi connectivity index (χ0n) is 15.3. The molecule has 2 rings (SSSR count). The van der Waals surface area contributed by atoms with Crippen LogP contribution in [0.4, 0.5) is 0 Å². The van der Waals surface area contributed by atoms with Crippen molar-refractivity contribution in [1.82, 2.24) is 10.2 Å². The molecular weight excluding hydrogens is 413 g/mol. The Morgan fingerprint density at radius 3 is 2.71 bits per heavy atom. The van der Waals surface area contributed by atoms with Crippen LogP contribution in [0, 0.1) is 5.92 Å². The van der Waals surface area contributed by atoms with Crippen molar-refractivity contribution >= 4 is 29.9 Å². The number of guanidine groups is 1. The summed E-state index contributed by atoms with van der Waals surface area (Å²) in [5.74, 6) is 1.79. The smallest absolute Gasteiger partial charge is 0.194 e. The number of piperidine rings is 1. The highest BCUT2D eigenvalue weighted by atomic mass is 127. The average Bonchev–Trinajstić information content (AvgIpc) is 2.57. The molecule has 1 fully saturated rings. The Balaban J connectivity index is 0.00000288. The van der Waals surface area contributed by atoms with Crippen molar-refractivity contribution in [3.63, 3.8) is 0 Å². The van der Waals surface area contributed by atoms with Crippen LogP contribution >= 0.6 is 24.0 Å². The zero-order chi connectivity index (χ0) is 16.5. The van der Waals surface area contributed by atoms with E-state index in [4.69, 9.17) is 9.73 Å². The number of halogens is 1. The summed E-state index contributed by atoms with van der Waals surface area (Å²) in [6, 6.07) is 8.44. The molecule has 1 unspecified atom stereocenters. The highest BCUT2D eigenvalue weighted by molar-refractivity contribution is 14.0. The summed E-state index contributed by atoms with van der Waals surface area (Å²) in [4.78, 5) is 7.29. The van der Waals surface area contributed by atoms with E-state index in [1.165, 1.54) is 24.0 Å². The first-order valence-corrected chi connectivity index (χ1v) is 8.92. The van der Waals surface area contributed by atoms with Crippen LogP contribution in [0.1, 0.15) is 44.7 Å². The van der Waals surface area contributed by atoms with Crippen molar-refractivity contribution < 1.29 is 4.74 Å². The Bertz CT molecular complexity index is 507. The van der Waals surface area contributed by atoms with Crippen molar-refractivity contribution in [1.29, 1.82) is 0 Å². The highest BCUT2D eigenvalue weighted by Gasteiger charge is 2.19. The largest absolute Gasteiger partial charge is 0.377 e. The maximum Gasteiger partial charge on any atom is 0.194 e. The summed E-state index contributed by atoms with van der Waals surface area (Å²) in [5, 5.41) is 3.45. The fourth-order valence-corrected chi connectivity index (χ4v) is 3.03. The number of rotatable bonds is 6. The Hall–Kier alpha value is -0.820. The first-order chi connectivity index (χ1) is 11.2. The zero-order valence-corrected chi connectivity index (χ0v) is 17.6. The van der Waals surface area contributed by atoms with Gasteiger partial charge in [-0.05, 0) is 43.7 Å². The van der Waals surface area contributed by atoms with Gasteiger partial charge in [-0.1, -0.05) is 31.2 Å². The molecule has 1 heterocycles. The van der Waals surface area contributed by atoms with Gasteiger partial charge in [0.2, 0.25) is 0 Å². The standard InChI is InChI=1S/C19H31N3O.HI/c1-4-20-19(22-12-8-9-16(3)14-22)21-13-17-10-6-7-11-18(17)15-23-5-2;/h6-7,10-11,16H,4-5,8-9,12-15H2,1-3H3,(H,20,21);1H. The molecule has 1 aromatic carbocycles. The second-order valence-corrected chi connectivity index (χ2v) is 6.27. The van der Waals surface area contributed by atoms with Crippen LogP contribution in [-0.4, -0.2) is 37.1 Å². The van der Waals surface area contributed by atoms with Gasteiger partial charge in [0.25, 0.3) is 0 Å². The van der Waals surface area contributed by atoms with E-state index in [0.29, 0.717) is 13.2 Å². The van der Waals surface area contributed by atoms with E-state index in [1.54, 1.807) is 0 Å². The third-order valence-corrected chi connectivity index (χ3v) is 4.27. The minimum absolute atomic E-state index is 0. The van der Waals surface area contributed by atoms with Gasteiger partial charge in [-0.25, -0.2) is 4.99 Å². The molecule has 0 amide bonds. The van der Waals surface area contributed by atoms with E-state index in [1.807, 2.05) is 6.92 Å². The number of hydrogen-bond acceptors (Lipinski definition) is 2. The van der Waals surface area contributed by atoms with Crippen molar-refractivity contribution in [3.8, 4) is 0 Å². The Labute approximate surface area is 164 Å². The quantitative estimate of drug-likeness (QED) is 0.408. The Morgan fingerprint density at radius 1 is 1.29 bits per heavy atom. The van der Waals surface area contributed by atoms with Gasteiger partial charge >= 0.3 is 0 Å². The van der Waals surface area contributed by atoms with Crippen LogP contribution in [-0.2, 0) is 17.9 Å². The molecule has 1 saturated heterocycles. The molecule has 0 spiro atoms. The van der Waals surface area contributed by atoms with Gasteiger partial charge in [0.15, 0.2) is 5.96 Å². The molecule has 1 N–H and O–H groups in total. The summed E-state index contributed by atoms with van der Waals surface area (Å²) in [5.41, 5.74) is 2.49. The number of likely N-dealkylation sites (tertiary alicyclic amines) is 1. The first kappa shape index (κ1) is 21.2. The molecule has 0 bridgehead atoms. The number of nitrogens with zero attached hydrogens (tertiary/aromatic N) is 2. The lowest BCUT2D eigenvalue weighted by atomic mass is 10.0. The summed E-state index contributed by atoms with van der Waals surface area (Å²) in [7, 11) is 0. The van der Waals surface area contributed by atoms with Crippen molar-refractivity contribution in [2.24, 2.45) is 10.9 Å². The predicted octanol–water partition coefficient (Wildman–Crippen LogP) is 4.04. The minimum atomic E-state index is 0. The summed E-state index contributed by atoms with van der Waals surface area (Å²) < 4.78 is 5.57. The van der Waals surface area contributed by atoms with E-state index >= 15 is 0 Å². The van der Waals surface area contributed by atoms with Crippen LogP contribution in [0.3, 0.4) is 0 Å². The molecule has 0 saturated carbocycles. The first-order valence-electron chi connectivity index (χ1n) is 8.92. The second-order valence-electron chi connectivity index (χ2n) is 6.27. The molecule has 1 aromatic rings. The second kappa shape index (κ2) is 11.7. The fourth-order valence-electron chi connectivity index (χ4n) is 3.03. The lowest BCUT2D eigenvalue weighted by Crippen LogP contribution is -2.46. The molecule has 4 nitrogen and oxygen atoms in total. The third kappa shape index (κ3) is 6.59. The molecule has 0 aromatic heterocycles. The van der Waals surface area contributed by atoms with E-state index in [9.17, 15) is 0 Å². The molecule has 0 radical (unpaired) electrons. The van der Waals surface area contributed by atoms with Crippen molar-refractivity contribution in [2.75, 3.05) is 26.2 Å². The SMILES string of the molecule is CCNC(=NCc1ccccc1COCC)N1CCCC(C)C1.I. The Kier molecular flexibility index (Phi) is 10.3. The van der Waals surface area contributed by atoms with Gasteiger partial charge in [0, 0.05) is 26.2 Å². The maximum absolute atomic E-state index is 5.57. The lowest BCUT2D eigenvalue weighted by molar-refractivity contribution is 0.133. The van der Waals surface area contributed by atoms with E-state index in [0.717, 1.165) is 38.1 Å². The number of aliphatic imine (C=N–C) groups is 1. The van der Waals surface area contributed by atoms with Gasteiger partial charge in [0.1, 0.15) is 0 Å². The number of benzene rings is 1. The van der Waals surface area contributed by atoms with E-state index in [-0.39, 0.29) is 24.0 Å². The van der Waals surface area contributed by atoms with Gasteiger partial charge in [-0.15, -0.1) is 24.0 Å². The number of hydrogen-bond donors (Lipinski definition) is 1. The lowest BCUT2D eigenvalue weighted by Gasteiger charge is -2.33. The fraction of sp³-hybridized carbons (Fsp3) is 0.632. The molecule has 1 aliphatic heterocycles. The molecule has 1 aliphatic rings. The summed E-state index contributed by atoms with van der Waals surface area (Å²) >= 11 is 0. The number of nitrogens with one attached hydrogen (secondary N) is 1. The van der Waals surface area contributed by atoms with Crippen molar-refractivity contribution in [3.05, 3.63) is 35.4 Å². The normalized spacial score (nSPS) is 18.2. The molecule has 0 aliphatic carbocycles. The molecule has 1 atom stereocenters. The minimum Gasteiger partial charge on any atom is -0.377 e. The van der Waals surface area contributed by atoms with Crippen LogP contribution in [0.5, 0.6) is 0 Å². The van der Waals surface area contributed by atoms with Crippen LogP contribution in [0.2, 0.25) is 0 Å². The average molecular weight is 445 g/mol. The van der Waals surface area contributed by atoms with Gasteiger partial charge in [-0.2, -0.15) is 0 Å². The van der Waals surface area contributed by atoms with E-state index < -0.39 is 0 Å². The summed E-state index contributed by atoms with van der Waals surface area (Å²) in [6.45, 7) is 11.7. The predicted molar refractivity (Wildman–Crippen MR) is 112 cm³/mol. The monoisotopic (exact) mass is 445 g/mol. The number of ether oxygens (including phenoxy) is 1. The molecular formula is C19H32IN3O. The molecule has 136 valence electrons. The molecule has 5 heteroatoms. The van der Waals surface area contributed by atoms with Crippen LogP contribution in [0.25, 0.3) is 0 Å². The van der Waals surface area contributed by atoms with Crippen LogP contribution in [0.15, 0.2) is 29.3 Å². The third-order valence-electron chi connectivity index (χ3n) is 4.27. The highest BCUT2D eigenvalue weighted by Crippen LogP contribution is 2.16. The topological polar surface area (TPSA) is 36.9 Å². The van der Waals surface area contributed by atoms with Gasteiger partial charge in [0.05, 0.1) is 13.2 Å². The molecule has 24 heavy (non-hydrogen) atoms. The van der Waals surface area contributed by atoms with Gasteiger partial charge < -0.3 is 15.0 Å². The van der Waals surface area contributed by atoms with Crippen molar-refractivity contribution in [2.45, 2.75) is 46.8 Å². The summed E-state index contributed by atoms with van der Waals surface area (Å²) in [6.07, 6.45) is 2.58. The van der Waals surface area contributed by atoms with E-state index in [2.05, 4.69) is 48.3 Å². The van der Waals surface area contributed by atoms with Gasteiger partial charge in [-0.3, -0.25) is 0 Å². The Morgan fingerprint density at radius 2 is 2.04 bits per heavy atom. The van der Waals surface area contributed by atoms with Crippen LogP contribution < -0.4 is 5.32 Å². The maximum atomic E-state index is 5.57.